The number of carboxylic acid groups (broad SMARTS) is 1. The van der Waals surface area contributed by atoms with Crippen molar-refractivity contribution in [3.05, 3.63) is 0 Å². The summed E-state index contributed by atoms with van der Waals surface area (Å²) in [4.78, 5) is 11.0. The molecule has 24 heavy (non-hydrogen) atoms. The lowest BCUT2D eigenvalue weighted by Crippen LogP contribution is -2.08. The SMILES string of the molecule is CCCCCCCCCCCCC(CCCCCCC)CC(=O)O. The number of unbranched alkanes of at least 4 members (excludes halogenated alkanes) is 13. The van der Waals surface area contributed by atoms with E-state index in [-0.39, 0.29) is 0 Å². The van der Waals surface area contributed by atoms with Gasteiger partial charge in [-0.3, -0.25) is 4.79 Å². The molecule has 2 heteroatoms. The van der Waals surface area contributed by atoms with Crippen LogP contribution in [0.5, 0.6) is 0 Å². The van der Waals surface area contributed by atoms with Crippen molar-refractivity contribution in [3.63, 3.8) is 0 Å². The number of aliphatic carboxylic acids is 1. The minimum atomic E-state index is -0.611. The van der Waals surface area contributed by atoms with Crippen LogP contribution >= 0.6 is 0 Å². The summed E-state index contributed by atoms with van der Waals surface area (Å²) in [5.41, 5.74) is 0. The maximum atomic E-state index is 11.0. The molecule has 2 nitrogen and oxygen atoms in total. The average molecular weight is 341 g/mol. The highest BCUT2D eigenvalue weighted by Crippen LogP contribution is 2.22. The van der Waals surface area contributed by atoms with Crippen LogP contribution in [0, 0.1) is 5.92 Å². The highest BCUT2D eigenvalue weighted by atomic mass is 16.4. The third kappa shape index (κ3) is 17.8. The van der Waals surface area contributed by atoms with Crippen molar-refractivity contribution >= 4 is 5.97 Å². The van der Waals surface area contributed by atoms with Crippen LogP contribution in [0.4, 0.5) is 0 Å². The van der Waals surface area contributed by atoms with E-state index in [1.807, 2.05) is 0 Å². The van der Waals surface area contributed by atoms with E-state index < -0.39 is 5.97 Å². The van der Waals surface area contributed by atoms with Crippen molar-refractivity contribution in [2.24, 2.45) is 5.92 Å². The molecule has 1 atom stereocenters. The Morgan fingerprint density at radius 3 is 1.29 bits per heavy atom. The standard InChI is InChI=1S/C22H44O2/c1-3-5-7-9-10-11-12-13-15-17-19-21(20-22(23)24)18-16-14-8-6-4-2/h21H,3-20H2,1-2H3,(H,23,24). The molecule has 1 N–H and O–H groups in total. The van der Waals surface area contributed by atoms with Gasteiger partial charge in [-0.25, -0.2) is 0 Å². The van der Waals surface area contributed by atoms with Gasteiger partial charge >= 0.3 is 5.97 Å². The molecule has 0 aliphatic heterocycles. The zero-order valence-electron chi connectivity index (χ0n) is 16.7. The van der Waals surface area contributed by atoms with Gasteiger partial charge in [-0.05, 0) is 18.8 Å². The van der Waals surface area contributed by atoms with Gasteiger partial charge in [-0.1, -0.05) is 110 Å². The predicted molar refractivity (Wildman–Crippen MR) is 106 cm³/mol. The van der Waals surface area contributed by atoms with E-state index in [9.17, 15) is 4.79 Å². The first kappa shape index (κ1) is 23.5. The molecule has 0 aliphatic rings. The van der Waals surface area contributed by atoms with E-state index >= 15 is 0 Å². The van der Waals surface area contributed by atoms with E-state index in [4.69, 9.17) is 5.11 Å². The molecular formula is C22H44O2. The Labute approximate surface area is 151 Å². The van der Waals surface area contributed by atoms with Crippen LogP contribution < -0.4 is 0 Å². The Bertz CT molecular complexity index is 263. The normalized spacial score (nSPS) is 12.4. The van der Waals surface area contributed by atoms with Gasteiger partial charge in [0.1, 0.15) is 0 Å². The van der Waals surface area contributed by atoms with Crippen LogP contribution in [0.2, 0.25) is 0 Å². The van der Waals surface area contributed by atoms with Gasteiger partial charge in [-0.15, -0.1) is 0 Å². The van der Waals surface area contributed by atoms with Crippen LogP contribution in [0.1, 0.15) is 129 Å². The molecule has 0 bridgehead atoms. The quantitative estimate of drug-likeness (QED) is 0.244. The second-order valence-corrected chi connectivity index (χ2v) is 7.64. The van der Waals surface area contributed by atoms with E-state index in [0.29, 0.717) is 12.3 Å². The van der Waals surface area contributed by atoms with Crippen molar-refractivity contribution in [1.82, 2.24) is 0 Å². The largest absolute Gasteiger partial charge is 0.481 e. The molecule has 0 heterocycles. The third-order valence-corrected chi connectivity index (χ3v) is 5.15. The number of carbonyl (C=O) groups is 1. The molecule has 0 aromatic heterocycles. The molecule has 144 valence electrons. The predicted octanol–water partition coefficient (Wildman–Crippen LogP) is 7.75. The summed E-state index contributed by atoms with van der Waals surface area (Å²) < 4.78 is 0. The molecule has 0 saturated carbocycles. The van der Waals surface area contributed by atoms with Gasteiger partial charge in [-0.2, -0.15) is 0 Å². The van der Waals surface area contributed by atoms with Gasteiger partial charge in [0.25, 0.3) is 0 Å². The fourth-order valence-corrected chi connectivity index (χ4v) is 3.55. The monoisotopic (exact) mass is 340 g/mol. The summed E-state index contributed by atoms with van der Waals surface area (Å²) >= 11 is 0. The summed E-state index contributed by atoms with van der Waals surface area (Å²) in [5, 5.41) is 9.09. The molecule has 0 aliphatic carbocycles. The van der Waals surface area contributed by atoms with E-state index in [0.717, 1.165) is 12.8 Å². The first-order valence-corrected chi connectivity index (χ1v) is 10.9. The Morgan fingerprint density at radius 2 is 0.958 bits per heavy atom. The van der Waals surface area contributed by atoms with Crippen molar-refractivity contribution in [2.45, 2.75) is 129 Å². The molecule has 1 unspecified atom stereocenters. The first-order chi connectivity index (χ1) is 11.7. The summed E-state index contributed by atoms with van der Waals surface area (Å²) in [6.07, 6.45) is 22.6. The number of rotatable bonds is 19. The highest BCUT2D eigenvalue weighted by Gasteiger charge is 2.12. The van der Waals surface area contributed by atoms with Gasteiger partial charge in [0.05, 0.1) is 0 Å². The Kier molecular flexibility index (Phi) is 18.4. The number of hydrogen-bond acceptors (Lipinski definition) is 1. The number of carboxylic acids is 1. The van der Waals surface area contributed by atoms with Crippen LogP contribution in [0.15, 0.2) is 0 Å². The van der Waals surface area contributed by atoms with Crippen LogP contribution in [-0.4, -0.2) is 11.1 Å². The molecule has 0 saturated heterocycles. The second-order valence-electron chi connectivity index (χ2n) is 7.64. The van der Waals surface area contributed by atoms with E-state index in [2.05, 4.69) is 13.8 Å². The van der Waals surface area contributed by atoms with Crippen molar-refractivity contribution in [1.29, 1.82) is 0 Å². The highest BCUT2D eigenvalue weighted by molar-refractivity contribution is 5.66. The summed E-state index contributed by atoms with van der Waals surface area (Å²) in [6, 6.07) is 0. The molecule has 0 aromatic carbocycles. The van der Waals surface area contributed by atoms with Gasteiger partial charge in [0.2, 0.25) is 0 Å². The van der Waals surface area contributed by atoms with Crippen LogP contribution in [0.25, 0.3) is 0 Å². The Balaban J connectivity index is 3.55. The second kappa shape index (κ2) is 18.8. The van der Waals surface area contributed by atoms with Gasteiger partial charge < -0.3 is 5.11 Å². The molecule has 0 fully saturated rings. The van der Waals surface area contributed by atoms with Crippen molar-refractivity contribution in [3.8, 4) is 0 Å². The molecular weight excluding hydrogens is 296 g/mol. The average Bonchev–Trinajstić information content (AvgIpc) is 2.55. The zero-order chi connectivity index (χ0) is 17.9. The van der Waals surface area contributed by atoms with Gasteiger partial charge in [0, 0.05) is 6.42 Å². The molecule has 0 radical (unpaired) electrons. The van der Waals surface area contributed by atoms with E-state index in [1.54, 1.807) is 0 Å². The Hall–Kier alpha value is -0.530. The smallest absolute Gasteiger partial charge is 0.303 e. The van der Waals surface area contributed by atoms with Gasteiger partial charge in [0.15, 0.2) is 0 Å². The zero-order valence-corrected chi connectivity index (χ0v) is 16.7. The molecule has 0 spiro atoms. The molecule has 0 amide bonds. The molecule has 0 aromatic rings. The minimum absolute atomic E-state index is 0.380. The maximum Gasteiger partial charge on any atom is 0.303 e. The topological polar surface area (TPSA) is 37.3 Å². The van der Waals surface area contributed by atoms with Crippen molar-refractivity contribution in [2.75, 3.05) is 0 Å². The van der Waals surface area contributed by atoms with E-state index in [1.165, 1.54) is 96.3 Å². The maximum absolute atomic E-state index is 11.0. The minimum Gasteiger partial charge on any atom is -0.481 e. The third-order valence-electron chi connectivity index (χ3n) is 5.15. The fourth-order valence-electron chi connectivity index (χ4n) is 3.55. The van der Waals surface area contributed by atoms with Crippen LogP contribution in [-0.2, 0) is 4.79 Å². The lowest BCUT2D eigenvalue weighted by Gasteiger charge is -2.14. The Morgan fingerprint density at radius 1 is 0.625 bits per heavy atom. The lowest BCUT2D eigenvalue weighted by atomic mass is 9.91. The fraction of sp³-hybridized carbons (Fsp3) is 0.955. The number of hydrogen-bond donors (Lipinski definition) is 1. The molecule has 0 rings (SSSR count). The summed E-state index contributed by atoms with van der Waals surface area (Å²) in [5.74, 6) is -0.196. The lowest BCUT2D eigenvalue weighted by molar-refractivity contribution is -0.138. The summed E-state index contributed by atoms with van der Waals surface area (Å²) in [7, 11) is 0. The first-order valence-electron chi connectivity index (χ1n) is 10.9. The van der Waals surface area contributed by atoms with Crippen LogP contribution in [0.3, 0.4) is 0 Å². The van der Waals surface area contributed by atoms with Crippen molar-refractivity contribution < 1.29 is 9.90 Å². The summed E-state index contributed by atoms with van der Waals surface area (Å²) in [6.45, 7) is 4.50.